The third-order valence-electron chi connectivity index (χ3n) is 2.41. The Morgan fingerprint density at radius 1 is 1.41 bits per heavy atom. The average Bonchev–Trinajstić information content (AvgIpc) is 2.90. The topological polar surface area (TPSA) is 57.8 Å². The Morgan fingerprint density at radius 2 is 2.18 bits per heavy atom. The highest BCUT2D eigenvalue weighted by Gasteiger charge is 2.13. The van der Waals surface area contributed by atoms with Crippen molar-refractivity contribution in [1.82, 2.24) is 15.3 Å². The van der Waals surface area contributed by atoms with Crippen LogP contribution in [0.2, 0.25) is 0 Å². The van der Waals surface area contributed by atoms with E-state index in [0.29, 0.717) is 5.56 Å². The van der Waals surface area contributed by atoms with E-state index in [0.717, 1.165) is 5.69 Å². The van der Waals surface area contributed by atoms with Crippen LogP contribution in [0.1, 0.15) is 22.1 Å². The van der Waals surface area contributed by atoms with Crippen LogP contribution in [0.5, 0.6) is 0 Å². The molecule has 2 rings (SSSR count). The number of benzene rings is 1. The summed E-state index contributed by atoms with van der Waals surface area (Å²) in [6.45, 7) is 3.70. The van der Waals surface area contributed by atoms with Crippen molar-refractivity contribution in [2.24, 2.45) is 0 Å². The Morgan fingerprint density at radius 3 is 2.76 bits per heavy atom. The van der Waals surface area contributed by atoms with Crippen molar-refractivity contribution >= 4 is 5.91 Å². The van der Waals surface area contributed by atoms with Gasteiger partial charge in [-0.05, 0) is 12.1 Å². The Balaban J connectivity index is 2.10. The van der Waals surface area contributed by atoms with Crippen molar-refractivity contribution < 1.29 is 4.79 Å². The zero-order chi connectivity index (χ0) is 12.1. The van der Waals surface area contributed by atoms with E-state index in [1.165, 1.54) is 0 Å². The number of aromatic amines is 1. The molecule has 0 spiro atoms. The predicted octanol–water partition coefficient (Wildman–Crippen LogP) is 2.07. The van der Waals surface area contributed by atoms with Crippen LogP contribution in [0.4, 0.5) is 0 Å². The first-order chi connectivity index (χ1) is 8.31. The van der Waals surface area contributed by atoms with Crippen molar-refractivity contribution in [3.8, 4) is 0 Å². The standard InChI is InChI=1S/C13H13N3O/c1-2-11(12-8-14-9-15-12)16-13(17)10-6-4-3-5-7-10/h2-9,11H,1H2,(H,14,15)(H,16,17). The van der Waals surface area contributed by atoms with Crippen LogP contribution < -0.4 is 5.32 Å². The van der Waals surface area contributed by atoms with Gasteiger partial charge in [-0.1, -0.05) is 24.3 Å². The van der Waals surface area contributed by atoms with E-state index in [9.17, 15) is 4.79 Å². The smallest absolute Gasteiger partial charge is 0.252 e. The highest BCUT2D eigenvalue weighted by Crippen LogP contribution is 2.11. The van der Waals surface area contributed by atoms with Crippen molar-refractivity contribution in [3.63, 3.8) is 0 Å². The van der Waals surface area contributed by atoms with Gasteiger partial charge in [0, 0.05) is 5.56 Å². The molecule has 4 heteroatoms. The van der Waals surface area contributed by atoms with E-state index >= 15 is 0 Å². The zero-order valence-electron chi connectivity index (χ0n) is 9.26. The van der Waals surface area contributed by atoms with Gasteiger partial charge in [0.25, 0.3) is 5.91 Å². The van der Waals surface area contributed by atoms with Gasteiger partial charge < -0.3 is 10.3 Å². The van der Waals surface area contributed by atoms with Gasteiger partial charge in [-0.25, -0.2) is 4.98 Å². The maximum absolute atomic E-state index is 11.9. The molecule has 1 atom stereocenters. The molecule has 0 fully saturated rings. The minimum Gasteiger partial charge on any atom is -0.347 e. The monoisotopic (exact) mass is 227 g/mol. The molecule has 0 saturated heterocycles. The summed E-state index contributed by atoms with van der Waals surface area (Å²) in [5.41, 5.74) is 1.43. The van der Waals surface area contributed by atoms with Crippen LogP contribution in [0.25, 0.3) is 0 Å². The first-order valence-electron chi connectivity index (χ1n) is 5.28. The minimum absolute atomic E-state index is 0.134. The van der Waals surface area contributed by atoms with E-state index in [1.54, 1.807) is 30.7 Å². The number of aromatic nitrogens is 2. The first-order valence-corrected chi connectivity index (χ1v) is 5.28. The largest absolute Gasteiger partial charge is 0.347 e. The number of nitrogens with zero attached hydrogens (tertiary/aromatic N) is 1. The molecule has 0 bridgehead atoms. The lowest BCUT2D eigenvalue weighted by molar-refractivity contribution is 0.0943. The summed E-state index contributed by atoms with van der Waals surface area (Å²) in [4.78, 5) is 18.8. The summed E-state index contributed by atoms with van der Waals surface area (Å²) in [5.74, 6) is -0.134. The molecule has 1 aromatic carbocycles. The molecule has 2 N–H and O–H groups in total. The fourth-order valence-corrected chi connectivity index (χ4v) is 1.51. The summed E-state index contributed by atoms with van der Waals surface area (Å²) in [6.07, 6.45) is 4.90. The van der Waals surface area contributed by atoms with E-state index in [4.69, 9.17) is 0 Å². The van der Waals surface area contributed by atoms with E-state index in [2.05, 4.69) is 21.9 Å². The molecule has 86 valence electrons. The van der Waals surface area contributed by atoms with Gasteiger partial charge in [0.1, 0.15) is 0 Å². The Labute approximate surface area is 99.4 Å². The molecule has 0 aliphatic rings. The number of imidazole rings is 1. The number of H-pyrrole nitrogens is 1. The molecule has 0 aliphatic heterocycles. The summed E-state index contributed by atoms with van der Waals surface area (Å²) in [5, 5.41) is 2.86. The molecule has 1 aromatic heterocycles. The van der Waals surface area contributed by atoms with Crippen LogP contribution in [-0.4, -0.2) is 15.9 Å². The molecule has 1 amide bonds. The average molecular weight is 227 g/mol. The molecule has 0 aliphatic carbocycles. The summed E-state index contributed by atoms with van der Waals surface area (Å²) in [7, 11) is 0. The van der Waals surface area contributed by atoms with E-state index in [-0.39, 0.29) is 11.9 Å². The highest BCUT2D eigenvalue weighted by molar-refractivity contribution is 5.94. The summed E-state index contributed by atoms with van der Waals surface area (Å²) >= 11 is 0. The third kappa shape index (κ3) is 2.60. The second-order valence-electron chi connectivity index (χ2n) is 3.56. The Kier molecular flexibility index (Phi) is 3.35. The minimum atomic E-state index is -0.259. The van der Waals surface area contributed by atoms with Crippen molar-refractivity contribution in [2.75, 3.05) is 0 Å². The quantitative estimate of drug-likeness (QED) is 0.785. The number of hydrogen-bond acceptors (Lipinski definition) is 2. The zero-order valence-corrected chi connectivity index (χ0v) is 9.26. The fourth-order valence-electron chi connectivity index (χ4n) is 1.51. The molecular weight excluding hydrogens is 214 g/mol. The Hall–Kier alpha value is -2.36. The lowest BCUT2D eigenvalue weighted by Crippen LogP contribution is -2.27. The molecule has 1 heterocycles. The summed E-state index contributed by atoms with van der Waals surface area (Å²) < 4.78 is 0. The van der Waals surface area contributed by atoms with Crippen LogP contribution >= 0.6 is 0 Å². The number of carbonyl (C=O) groups is 1. The van der Waals surface area contributed by atoms with Gasteiger partial charge in [-0.15, -0.1) is 6.58 Å². The number of amides is 1. The van der Waals surface area contributed by atoms with Crippen LogP contribution in [0, 0.1) is 0 Å². The molecule has 1 unspecified atom stereocenters. The molecule has 4 nitrogen and oxygen atoms in total. The first kappa shape index (κ1) is 11.1. The molecule has 0 radical (unpaired) electrons. The van der Waals surface area contributed by atoms with Crippen molar-refractivity contribution in [1.29, 1.82) is 0 Å². The lowest BCUT2D eigenvalue weighted by Gasteiger charge is -2.12. The molecule has 17 heavy (non-hydrogen) atoms. The van der Waals surface area contributed by atoms with E-state index < -0.39 is 0 Å². The molecular formula is C13H13N3O. The lowest BCUT2D eigenvalue weighted by atomic mass is 10.1. The number of rotatable bonds is 4. The van der Waals surface area contributed by atoms with Gasteiger partial charge in [-0.3, -0.25) is 4.79 Å². The van der Waals surface area contributed by atoms with Crippen LogP contribution in [-0.2, 0) is 0 Å². The summed E-state index contributed by atoms with van der Waals surface area (Å²) in [6, 6.07) is 8.80. The normalized spacial score (nSPS) is 11.8. The number of hydrogen-bond donors (Lipinski definition) is 2. The van der Waals surface area contributed by atoms with E-state index in [1.807, 2.05) is 18.2 Å². The second kappa shape index (κ2) is 5.12. The van der Waals surface area contributed by atoms with Gasteiger partial charge in [-0.2, -0.15) is 0 Å². The highest BCUT2D eigenvalue weighted by atomic mass is 16.1. The molecule has 0 saturated carbocycles. The fraction of sp³-hybridized carbons (Fsp3) is 0.0769. The van der Waals surface area contributed by atoms with Crippen molar-refractivity contribution in [2.45, 2.75) is 6.04 Å². The maximum atomic E-state index is 11.9. The SMILES string of the molecule is C=CC(NC(=O)c1ccccc1)c1cnc[nH]1. The van der Waals surface area contributed by atoms with Gasteiger partial charge >= 0.3 is 0 Å². The second-order valence-corrected chi connectivity index (χ2v) is 3.56. The predicted molar refractivity (Wildman–Crippen MR) is 65.4 cm³/mol. The Bertz CT molecular complexity index is 491. The van der Waals surface area contributed by atoms with Gasteiger partial charge in [0.2, 0.25) is 0 Å². The third-order valence-corrected chi connectivity index (χ3v) is 2.41. The van der Waals surface area contributed by atoms with Gasteiger partial charge in [0.15, 0.2) is 0 Å². The van der Waals surface area contributed by atoms with Crippen LogP contribution in [0.3, 0.4) is 0 Å². The number of carbonyl (C=O) groups excluding carboxylic acids is 1. The maximum Gasteiger partial charge on any atom is 0.252 e. The number of nitrogens with one attached hydrogen (secondary N) is 2. The van der Waals surface area contributed by atoms with Crippen molar-refractivity contribution in [3.05, 3.63) is 66.8 Å². The van der Waals surface area contributed by atoms with Gasteiger partial charge in [0.05, 0.1) is 24.3 Å². The molecule has 2 aromatic rings. The van der Waals surface area contributed by atoms with Crippen LogP contribution in [0.15, 0.2) is 55.5 Å².